The molecule has 6 heteroatoms. The molecule has 0 aliphatic carbocycles. The Hall–Kier alpha value is -2.34. The van der Waals surface area contributed by atoms with Crippen molar-refractivity contribution in [3.05, 3.63) is 59.2 Å². The van der Waals surface area contributed by atoms with Crippen LogP contribution in [0, 0.1) is 13.8 Å². The number of carbonyl (C=O) groups is 1. The number of aryl methyl sites for hydroxylation is 2. The van der Waals surface area contributed by atoms with Gasteiger partial charge in [-0.3, -0.25) is 9.52 Å². The highest BCUT2D eigenvalue weighted by Gasteiger charge is 2.23. The third-order valence-corrected chi connectivity index (χ3v) is 6.26. The van der Waals surface area contributed by atoms with E-state index in [-0.39, 0.29) is 10.8 Å². The molecular formula is C20H24N2O3S. The van der Waals surface area contributed by atoms with Gasteiger partial charge in [-0.05, 0) is 62.4 Å². The summed E-state index contributed by atoms with van der Waals surface area (Å²) in [5.74, 6) is -0.1000. The number of amides is 1. The molecular weight excluding hydrogens is 348 g/mol. The molecule has 1 aliphatic heterocycles. The van der Waals surface area contributed by atoms with Crippen molar-refractivity contribution < 1.29 is 13.2 Å². The maximum Gasteiger partial charge on any atom is 0.262 e. The molecule has 0 unspecified atom stereocenters. The average Bonchev–Trinajstić information content (AvgIpc) is 2.64. The van der Waals surface area contributed by atoms with E-state index in [1.807, 2.05) is 19.1 Å². The molecule has 0 aromatic heterocycles. The second-order valence-corrected chi connectivity index (χ2v) is 8.40. The van der Waals surface area contributed by atoms with E-state index >= 15 is 0 Å². The molecule has 2 aromatic rings. The minimum absolute atomic E-state index is 0.1000. The number of carbonyl (C=O) groups excluding carboxylic acids is 1. The van der Waals surface area contributed by atoms with Gasteiger partial charge in [-0.25, -0.2) is 8.42 Å². The maximum absolute atomic E-state index is 12.9. The number of rotatable bonds is 4. The Bertz CT molecular complexity index is 916. The van der Waals surface area contributed by atoms with Gasteiger partial charge < -0.3 is 4.90 Å². The second kappa shape index (κ2) is 7.50. The topological polar surface area (TPSA) is 66.5 Å². The predicted octanol–water partition coefficient (Wildman–Crippen LogP) is 3.73. The lowest BCUT2D eigenvalue weighted by Gasteiger charge is -2.27. The Morgan fingerprint density at radius 2 is 1.65 bits per heavy atom. The van der Waals surface area contributed by atoms with Crippen LogP contribution in [0.4, 0.5) is 5.69 Å². The van der Waals surface area contributed by atoms with Gasteiger partial charge in [0, 0.05) is 18.7 Å². The lowest BCUT2D eigenvalue weighted by Crippen LogP contribution is -2.35. The van der Waals surface area contributed by atoms with Crippen molar-refractivity contribution in [2.24, 2.45) is 0 Å². The van der Waals surface area contributed by atoms with Crippen molar-refractivity contribution in [2.45, 2.75) is 38.0 Å². The number of likely N-dealkylation sites (tertiary alicyclic amines) is 1. The van der Waals surface area contributed by atoms with Gasteiger partial charge in [0.25, 0.3) is 15.9 Å². The van der Waals surface area contributed by atoms with Crippen LogP contribution in [0.1, 0.15) is 40.7 Å². The summed E-state index contributed by atoms with van der Waals surface area (Å²) in [5.41, 5.74) is 2.41. The SMILES string of the molecule is Cc1ccccc1NS(=O)(=O)c1cc(C(=O)N2CCCCC2)ccc1C. The van der Waals surface area contributed by atoms with Crippen molar-refractivity contribution in [2.75, 3.05) is 17.8 Å². The van der Waals surface area contributed by atoms with Crippen LogP contribution in [0.2, 0.25) is 0 Å². The van der Waals surface area contributed by atoms with Gasteiger partial charge in [0.05, 0.1) is 10.6 Å². The highest BCUT2D eigenvalue weighted by atomic mass is 32.2. The van der Waals surface area contributed by atoms with E-state index < -0.39 is 10.0 Å². The van der Waals surface area contributed by atoms with Gasteiger partial charge >= 0.3 is 0 Å². The van der Waals surface area contributed by atoms with Gasteiger partial charge in [-0.1, -0.05) is 24.3 Å². The first-order valence-corrected chi connectivity index (χ1v) is 10.4. The highest BCUT2D eigenvalue weighted by Crippen LogP contribution is 2.24. The Labute approximate surface area is 155 Å². The number of nitrogens with one attached hydrogen (secondary N) is 1. The van der Waals surface area contributed by atoms with E-state index in [0.29, 0.717) is 16.8 Å². The van der Waals surface area contributed by atoms with Crippen LogP contribution in [0.15, 0.2) is 47.4 Å². The smallest absolute Gasteiger partial charge is 0.262 e. The molecule has 5 nitrogen and oxygen atoms in total. The summed E-state index contributed by atoms with van der Waals surface area (Å²) < 4.78 is 28.4. The molecule has 138 valence electrons. The van der Waals surface area contributed by atoms with E-state index in [2.05, 4.69) is 4.72 Å². The normalized spacial score (nSPS) is 14.9. The standard InChI is InChI=1S/C20H24N2O3S/c1-15-8-4-5-9-18(15)21-26(24,25)19-14-17(11-10-16(19)2)20(23)22-12-6-3-7-13-22/h4-5,8-11,14,21H,3,6-7,12-13H2,1-2H3. The molecule has 26 heavy (non-hydrogen) atoms. The molecule has 1 heterocycles. The molecule has 2 aromatic carbocycles. The zero-order valence-corrected chi connectivity index (χ0v) is 16.0. The first kappa shape index (κ1) is 18.5. The summed E-state index contributed by atoms with van der Waals surface area (Å²) in [6, 6.07) is 12.1. The second-order valence-electron chi connectivity index (χ2n) is 6.75. The third-order valence-electron chi connectivity index (χ3n) is 4.76. The molecule has 1 N–H and O–H groups in total. The molecule has 0 atom stereocenters. The van der Waals surface area contributed by atoms with Gasteiger partial charge in [0.2, 0.25) is 0 Å². The monoisotopic (exact) mass is 372 g/mol. The number of piperidine rings is 1. The number of hydrogen-bond acceptors (Lipinski definition) is 3. The van der Waals surface area contributed by atoms with Crippen LogP contribution < -0.4 is 4.72 Å². The number of sulfonamides is 1. The highest BCUT2D eigenvalue weighted by molar-refractivity contribution is 7.92. The zero-order chi connectivity index (χ0) is 18.7. The number of anilines is 1. The Balaban J connectivity index is 1.91. The number of para-hydroxylation sites is 1. The van der Waals surface area contributed by atoms with E-state index in [4.69, 9.17) is 0 Å². The van der Waals surface area contributed by atoms with E-state index in [1.165, 1.54) is 6.07 Å². The predicted molar refractivity (Wildman–Crippen MR) is 103 cm³/mol. The summed E-state index contributed by atoms with van der Waals surface area (Å²) in [6.45, 7) is 5.05. The van der Waals surface area contributed by atoms with Crippen molar-refractivity contribution in [1.29, 1.82) is 0 Å². The molecule has 1 fully saturated rings. The Morgan fingerprint density at radius 1 is 0.962 bits per heavy atom. The summed E-state index contributed by atoms with van der Waals surface area (Å²) in [5, 5.41) is 0. The third kappa shape index (κ3) is 3.90. The fourth-order valence-electron chi connectivity index (χ4n) is 3.19. The Morgan fingerprint density at radius 3 is 2.35 bits per heavy atom. The number of benzene rings is 2. The Kier molecular flexibility index (Phi) is 5.32. The minimum Gasteiger partial charge on any atom is -0.339 e. The van der Waals surface area contributed by atoms with E-state index in [0.717, 1.165) is 37.9 Å². The van der Waals surface area contributed by atoms with Crippen LogP contribution in [0.5, 0.6) is 0 Å². The van der Waals surface area contributed by atoms with E-state index in [1.54, 1.807) is 36.1 Å². The fourth-order valence-corrected chi connectivity index (χ4v) is 4.59. The molecule has 3 rings (SSSR count). The summed E-state index contributed by atoms with van der Waals surface area (Å²) in [7, 11) is -3.77. The number of hydrogen-bond donors (Lipinski definition) is 1. The molecule has 1 amide bonds. The number of nitrogens with zero attached hydrogens (tertiary/aromatic N) is 1. The molecule has 0 radical (unpaired) electrons. The largest absolute Gasteiger partial charge is 0.339 e. The molecule has 1 aliphatic rings. The molecule has 0 bridgehead atoms. The van der Waals surface area contributed by atoms with Crippen LogP contribution in [-0.4, -0.2) is 32.3 Å². The van der Waals surface area contributed by atoms with Crippen LogP contribution in [0.25, 0.3) is 0 Å². The maximum atomic E-state index is 12.9. The summed E-state index contributed by atoms with van der Waals surface area (Å²) >= 11 is 0. The van der Waals surface area contributed by atoms with E-state index in [9.17, 15) is 13.2 Å². The zero-order valence-electron chi connectivity index (χ0n) is 15.2. The van der Waals surface area contributed by atoms with Crippen LogP contribution in [0.3, 0.4) is 0 Å². The molecule has 0 saturated carbocycles. The molecule has 0 spiro atoms. The lowest BCUT2D eigenvalue weighted by molar-refractivity contribution is 0.0724. The first-order chi connectivity index (χ1) is 12.4. The van der Waals surface area contributed by atoms with Crippen molar-refractivity contribution in [1.82, 2.24) is 4.90 Å². The fraction of sp³-hybridized carbons (Fsp3) is 0.350. The molecule has 1 saturated heterocycles. The van der Waals surface area contributed by atoms with Crippen molar-refractivity contribution in [3.63, 3.8) is 0 Å². The van der Waals surface area contributed by atoms with Gasteiger partial charge in [0.1, 0.15) is 0 Å². The van der Waals surface area contributed by atoms with Gasteiger partial charge in [-0.2, -0.15) is 0 Å². The summed E-state index contributed by atoms with van der Waals surface area (Å²) in [4.78, 5) is 14.7. The quantitative estimate of drug-likeness (QED) is 0.889. The first-order valence-electron chi connectivity index (χ1n) is 8.87. The van der Waals surface area contributed by atoms with Gasteiger partial charge in [-0.15, -0.1) is 0 Å². The minimum atomic E-state index is -3.77. The summed E-state index contributed by atoms with van der Waals surface area (Å²) in [6.07, 6.45) is 3.13. The van der Waals surface area contributed by atoms with Crippen molar-refractivity contribution >= 4 is 21.6 Å². The van der Waals surface area contributed by atoms with Gasteiger partial charge in [0.15, 0.2) is 0 Å². The van der Waals surface area contributed by atoms with Crippen molar-refractivity contribution in [3.8, 4) is 0 Å². The lowest BCUT2D eigenvalue weighted by atomic mass is 10.1. The average molecular weight is 372 g/mol. The van der Waals surface area contributed by atoms with Crippen LogP contribution >= 0.6 is 0 Å². The van der Waals surface area contributed by atoms with Crippen LogP contribution in [-0.2, 0) is 10.0 Å².